The molecule has 4 nitrogen and oxygen atoms in total. The monoisotopic (exact) mass is 327 g/mol. The molecular formula is C14H18BrNO3. The van der Waals surface area contributed by atoms with Gasteiger partial charge >= 0.3 is 5.97 Å². The summed E-state index contributed by atoms with van der Waals surface area (Å²) in [6.45, 7) is 2.94. The average Bonchev–Trinajstić information content (AvgIpc) is 2.32. The predicted molar refractivity (Wildman–Crippen MR) is 76.7 cm³/mol. The largest absolute Gasteiger partial charge is 0.466 e. The van der Waals surface area contributed by atoms with E-state index in [1.807, 2.05) is 36.2 Å². The van der Waals surface area contributed by atoms with Crippen molar-refractivity contribution in [3.05, 3.63) is 34.3 Å². The molecule has 0 atom stereocenters. The zero-order valence-corrected chi connectivity index (χ0v) is 12.8. The number of halogens is 1. The Hall–Kier alpha value is -1.20. The highest BCUT2D eigenvalue weighted by molar-refractivity contribution is 9.10. The van der Waals surface area contributed by atoms with Crippen LogP contribution in [0, 0.1) is 0 Å². The van der Waals surface area contributed by atoms with E-state index in [4.69, 9.17) is 4.74 Å². The van der Waals surface area contributed by atoms with Gasteiger partial charge in [0.25, 0.3) is 0 Å². The minimum Gasteiger partial charge on any atom is -0.466 e. The fourth-order valence-electron chi connectivity index (χ4n) is 1.69. The smallest absolute Gasteiger partial charge is 0.313 e. The predicted octanol–water partition coefficient (Wildman–Crippen LogP) is 2.40. The Labute approximate surface area is 121 Å². The van der Waals surface area contributed by atoms with Crippen LogP contribution in [0.4, 0.5) is 0 Å². The number of ketones is 1. The second-order valence-corrected chi connectivity index (χ2v) is 5.23. The van der Waals surface area contributed by atoms with Crippen LogP contribution < -0.4 is 0 Å². The van der Waals surface area contributed by atoms with Crippen molar-refractivity contribution in [3.63, 3.8) is 0 Å². The SMILES string of the molecule is CCOC(=O)CC(=O)CN(C)Cc1ccc(Br)cc1. The first kappa shape index (κ1) is 15.9. The van der Waals surface area contributed by atoms with Crippen LogP contribution >= 0.6 is 15.9 Å². The number of esters is 1. The fraction of sp³-hybridized carbons (Fsp3) is 0.429. The van der Waals surface area contributed by atoms with E-state index in [1.165, 1.54) is 0 Å². The lowest BCUT2D eigenvalue weighted by molar-refractivity contribution is -0.145. The lowest BCUT2D eigenvalue weighted by atomic mass is 10.2. The third kappa shape index (κ3) is 6.50. The van der Waals surface area contributed by atoms with Crippen molar-refractivity contribution in [2.24, 2.45) is 0 Å². The van der Waals surface area contributed by atoms with Crippen LogP contribution in [0.15, 0.2) is 28.7 Å². The maximum absolute atomic E-state index is 11.6. The summed E-state index contributed by atoms with van der Waals surface area (Å²) in [4.78, 5) is 24.7. The molecule has 0 unspecified atom stereocenters. The van der Waals surface area contributed by atoms with Gasteiger partial charge in [0.05, 0.1) is 13.2 Å². The molecule has 0 aliphatic rings. The van der Waals surface area contributed by atoms with Crippen molar-refractivity contribution >= 4 is 27.7 Å². The zero-order chi connectivity index (χ0) is 14.3. The number of likely N-dealkylation sites (N-methyl/N-ethyl adjacent to an activating group) is 1. The van der Waals surface area contributed by atoms with Gasteiger partial charge < -0.3 is 4.74 Å². The molecule has 0 saturated heterocycles. The second kappa shape index (κ2) is 8.07. The van der Waals surface area contributed by atoms with Crippen molar-refractivity contribution in [3.8, 4) is 0 Å². The van der Waals surface area contributed by atoms with E-state index in [-0.39, 0.29) is 18.7 Å². The van der Waals surface area contributed by atoms with Gasteiger partial charge in [-0.15, -0.1) is 0 Å². The fourth-order valence-corrected chi connectivity index (χ4v) is 1.95. The first-order valence-electron chi connectivity index (χ1n) is 6.11. The third-order valence-electron chi connectivity index (χ3n) is 2.46. The highest BCUT2D eigenvalue weighted by atomic mass is 79.9. The Bertz CT molecular complexity index is 431. The molecule has 1 aromatic rings. The van der Waals surface area contributed by atoms with Crippen molar-refractivity contribution in [1.29, 1.82) is 0 Å². The summed E-state index contributed by atoms with van der Waals surface area (Å²) in [5.74, 6) is -0.581. The van der Waals surface area contributed by atoms with Gasteiger partial charge in [0.2, 0.25) is 0 Å². The van der Waals surface area contributed by atoms with E-state index in [9.17, 15) is 9.59 Å². The Morgan fingerprint density at radius 3 is 2.47 bits per heavy atom. The van der Waals surface area contributed by atoms with E-state index >= 15 is 0 Å². The van der Waals surface area contributed by atoms with Gasteiger partial charge in [-0.2, -0.15) is 0 Å². The van der Waals surface area contributed by atoms with Gasteiger partial charge in [-0.25, -0.2) is 0 Å². The molecule has 104 valence electrons. The van der Waals surface area contributed by atoms with Gasteiger partial charge in [-0.05, 0) is 31.7 Å². The number of rotatable bonds is 7. The van der Waals surface area contributed by atoms with E-state index in [0.717, 1.165) is 10.0 Å². The minimum atomic E-state index is -0.454. The van der Waals surface area contributed by atoms with Crippen molar-refractivity contribution < 1.29 is 14.3 Å². The van der Waals surface area contributed by atoms with E-state index in [2.05, 4.69) is 15.9 Å². The Balaban J connectivity index is 2.38. The van der Waals surface area contributed by atoms with Crippen molar-refractivity contribution in [1.82, 2.24) is 4.90 Å². The lowest BCUT2D eigenvalue weighted by Crippen LogP contribution is -2.27. The first-order valence-corrected chi connectivity index (χ1v) is 6.91. The molecule has 0 aliphatic carbocycles. The molecule has 0 aromatic heterocycles. The number of nitrogens with zero attached hydrogens (tertiary/aromatic N) is 1. The first-order chi connectivity index (χ1) is 9.01. The van der Waals surface area contributed by atoms with Gasteiger partial charge in [0.15, 0.2) is 5.78 Å². The Morgan fingerprint density at radius 1 is 1.26 bits per heavy atom. The highest BCUT2D eigenvalue weighted by Crippen LogP contribution is 2.11. The molecule has 5 heteroatoms. The molecule has 0 aliphatic heterocycles. The molecule has 0 bridgehead atoms. The molecule has 0 fully saturated rings. The summed E-state index contributed by atoms with van der Waals surface area (Å²) in [6.07, 6.45) is -0.154. The van der Waals surface area contributed by atoms with Crippen molar-refractivity contribution in [2.75, 3.05) is 20.2 Å². The molecule has 0 heterocycles. The van der Waals surface area contributed by atoms with Crippen LogP contribution in [0.25, 0.3) is 0 Å². The van der Waals surface area contributed by atoms with E-state index in [0.29, 0.717) is 13.2 Å². The van der Waals surface area contributed by atoms with Crippen LogP contribution in [0.1, 0.15) is 18.9 Å². The number of benzene rings is 1. The molecule has 0 saturated carbocycles. The number of hydrogen-bond donors (Lipinski definition) is 0. The molecule has 1 rings (SSSR count). The van der Waals surface area contributed by atoms with Crippen LogP contribution in [0.5, 0.6) is 0 Å². The number of hydrogen-bond acceptors (Lipinski definition) is 4. The lowest BCUT2D eigenvalue weighted by Gasteiger charge is -2.15. The molecular weight excluding hydrogens is 310 g/mol. The van der Waals surface area contributed by atoms with Crippen LogP contribution in [0.3, 0.4) is 0 Å². The summed E-state index contributed by atoms with van der Waals surface area (Å²) >= 11 is 3.37. The third-order valence-corrected chi connectivity index (χ3v) is 2.99. The molecule has 19 heavy (non-hydrogen) atoms. The minimum absolute atomic E-state index is 0.127. The van der Waals surface area contributed by atoms with Crippen LogP contribution in [0.2, 0.25) is 0 Å². The number of carbonyl (C=O) groups is 2. The Kier molecular flexibility index (Phi) is 6.73. The summed E-state index contributed by atoms with van der Waals surface area (Å²) in [5, 5.41) is 0. The molecule has 1 aromatic carbocycles. The summed E-state index contributed by atoms with van der Waals surface area (Å²) in [6, 6.07) is 7.92. The zero-order valence-electron chi connectivity index (χ0n) is 11.2. The van der Waals surface area contributed by atoms with E-state index in [1.54, 1.807) is 6.92 Å². The normalized spacial score (nSPS) is 10.5. The van der Waals surface area contributed by atoms with Gasteiger partial charge in [-0.3, -0.25) is 14.5 Å². The summed E-state index contributed by atoms with van der Waals surface area (Å²) in [5.41, 5.74) is 1.12. The van der Waals surface area contributed by atoms with Crippen LogP contribution in [-0.4, -0.2) is 36.9 Å². The van der Waals surface area contributed by atoms with Crippen molar-refractivity contribution in [2.45, 2.75) is 19.9 Å². The number of carbonyl (C=O) groups excluding carboxylic acids is 2. The highest BCUT2D eigenvalue weighted by Gasteiger charge is 2.12. The molecule has 0 N–H and O–H groups in total. The standard InChI is InChI=1S/C14H18BrNO3/c1-3-19-14(18)8-13(17)10-16(2)9-11-4-6-12(15)7-5-11/h4-7H,3,8-10H2,1-2H3. The number of ether oxygens (including phenoxy) is 1. The topological polar surface area (TPSA) is 46.6 Å². The quantitative estimate of drug-likeness (QED) is 0.570. The van der Waals surface area contributed by atoms with Gasteiger partial charge in [0.1, 0.15) is 6.42 Å². The van der Waals surface area contributed by atoms with E-state index < -0.39 is 5.97 Å². The maximum atomic E-state index is 11.6. The molecule has 0 radical (unpaired) electrons. The number of Topliss-reactive ketones (excluding diaryl/α,β-unsaturated/α-hetero) is 1. The molecule has 0 amide bonds. The van der Waals surface area contributed by atoms with Gasteiger partial charge in [-0.1, -0.05) is 28.1 Å². The maximum Gasteiger partial charge on any atom is 0.313 e. The summed E-state index contributed by atoms with van der Waals surface area (Å²) < 4.78 is 5.77. The Morgan fingerprint density at radius 2 is 1.89 bits per heavy atom. The summed E-state index contributed by atoms with van der Waals surface area (Å²) in [7, 11) is 1.85. The molecule has 0 spiro atoms. The van der Waals surface area contributed by atoms with Gasteiger partial charge in [0, 0.05) is 11.0 Å². The second-order valence-electron chi connectivity index (χ2n) is 4.32. The van der Waals surface area contributed by atoms with Crippen LogP contribution in [-0.2, 0) is 20.9 Å². The average molecular weight is 328 g/mol.